The lowest BCUT2D eigenvalue weighted by Crippen LogP contribution is -2.60. The van der Waals surface area contributed by atoms with Gasteiger partial charge in [0.15, 0.2) is 6.10 Å². The van der Waals surface area contributed by atoms with Gasteiger partial charge in [-0.1, -0.05) is 33.8 Å². The van der Waals surface area contributed by atoms with Gasteiger partial charge in [-0.3, -0.25) is 14.4 Å². The van der Waals surface area contributed by atoms with E-state index in [9.17, 15) is 28.7 Å². The number of benzene rings is 2. The molecule has 1 unspecified atom stereocenters. The highest BCUT2D eigenvalue weighted by atomic mass is 19.1. The van der Waals surface area contributed by atoms with Crippen molar-refractivity contribution < 1.29 is 33.4 Å². The molecule has 2 aromatic rings. The van der Waals surface area contributed by atoms with Gasteiger partial charge < -0.3 is 29.9 Å². The largest absolute Gasteiger partial charge is 0.479 e. The number of nitrogens with zero attached hydrogens (tertiary/aromatic N) is 3. The summed E-state index contributed by atoms with van der Waals surface area (Å²) in [4.78, 5) is 56.9. The molecule has 2 aromatic carbocycles. The number of halogens is 1. The van der Waals surface area contributed by atoms with E-state index in [0.717, 1.165) is 11.3 Å². The summed E-state index contributed by atoms with van der Waals surface area (Å²) in [5.41, 5.74) is 0.678. The second-order valence-corrected chi connectivity index (χ2v) is 11.6. The standard InChI is InChI=1S/C32H41FN4O6/c1-6-21-8-13-25(33)24(18-21)28(38)34-27(20(3)4)29(39)36-16-14-32(15-17-36)31(42)35(5)19-37(32)22-9-11-23(12-10-22)43-26(7-2)30(40)41/h8-13,18,20,26-27H,6-7,14-17,19H2,1-5H3,(H,34,38)(H,40,41)/t26-,27?/m1/s1. The van der Waals surface area contributed by atoms with Crippen molar-refractivity contribution in [2.45, 2.75) is 71.1 Å². The van der Waals surface area contributed by atoms with Crippen molar-refractivity contribution in [3.63, 3.8) is 0 Å². The summed E-state index contributed by atoms with van der Waals surface area (Å²) in [6.45, 7) is 8.31. The van der Waals surface area contributed by atoms with E-state index >= 15 is 0 Å². The number of piperidine rings is 1. The third kappa shape index (κ3) is 6.45. The molecule has 0 aliphatic carbocycles. The summed E-state index contributed by atoms with van der Waals surface area (Å²) in [5.74, 6) is -2.41. The summed E-state index contributed by atoms with van der Waals surface area (Å²) in [5, 5.41) is 12.1. The highest BCUT2D eigenvalue weighted by molar-refractivity contribution is 5.98. The zero-order chi connectivity index (χ0) is 31.5. The number of likely N-dealkylation sites (tertiary alicyclic amines) is 1. The third-order valence-corrected chi connectivity index (χ3v) is 8.49. The first-order valence-electron chi connectivity index (χ1n) is 14.8. The normalized spacial score (nSPS) is 17.7. The molecule has 2 fully saturated rings. The molecule has 0 aromatic heterocycles. The first-order valence-corrected chi connectivity index (χ1v) is 14.8. The summed E-state index contributed by atoms with van der Waals surface area (Å²) in [6, 6.07) is 10.6. The van der Waals surface area contributed by atoms with E-state index in [1.807, 2.05) is 37.8 Å². The summed E-state index contributed by atoms with van der Waals surface area (Å²) in [6.07, 6.45) is 0.811. The number of aryl methyl sites for hydroxylation is 1. The van der Waals surface area contributed by atoms with E-state index < -0.39 is 35.4 Å². The molecule has 11 heteroatoms. The number of likely N-dealkylation sites (N-methyl/N-ethyl adjacent to an activating group) is 1. The van der Waals surface area contributed by atoms with Crippen LogP contribution in [0.25, 0.3) is 0 Å². The minimum Gasteiger partial charge on any atom is -0.479 e. The smallest absolute Gasteiger partial charge is 0.344 e. The first kappa shape index (κ1) is 31.8. The Bertz CT molecular complexity index is 1360. The Morgan fingerprint density at radius 2 is 1.72 bits per heavy atom. The molecule has 2 N–H and O–H groups in total. The number of rotatable bonds is 10. The van der Waals surface area contributed by atoms with Crippen LogP contribution in [-0.4, -0.2) is 83.1 Å². The van der Waals surface area contributed by atoms with Crippen LogP contribution in [0.5, 0.6) is 5.75 Å². The second kappa shape index (κ2) is 13.0. The van der Waals surface area contributed by atoms with Gasteiger partial charge >= 0.3 is 5.97 Å². The highest BCUT2D eigenvalue weighted by Crippen LogP contribution is 2.39. The van der Waals surface area contributed by atoms with Gasteiger partial charge in [0.05, 0.1) is 12.2 Å². The fourth-order valence-corrected chi connectivity index (χ4v) is 5.86. The molecule has 43 heavy (non-hydrogen) atoms. The summed E-state index contributed by atoms with van der Waals surface area (Å²) < 4.78 is 20.1. The SMILES string of the molecule is CCc1ccc(F)c(C(=O)NC(C(=O)N2CCC3(CC2)C(=O)N(C)CN3c2ccc(O[C@H](CC)C(=O)O)cc2)C(C)C)c1. The van der Waals surface area contributed by atoms with Gasteiger partial charge in [-0.05, 0) is 73.6 Å². The zero-order valence-corrected chi connectivity index (χ0v) is 25.4. The van der Waals surface area contributed by atoms with Gasteiger partial charge in [0.1, 0.15) is 23.1 Å². The topological polar surface area (TPSA) is 119 Å². The van der Waals surface area contributed by atoms with Crippen LogP contribution in [0.4, 0.5) is 10.1 Å². The van der Waals surface area contributed by atoms with Crippen molar-refractivity contribution in [2.75, 3.05) is 31.7 Å². The number of carbonyl (C=O) groups excluding carboxylic acids is 3. The Labute approximate surface area is 251 Å². The Hall–Kier alpha value is -4.15. The van der Waals surface area contributed by atoms with E-state index in [1.54, 1.807) is 42.0 Å². The summed E-state index contributed by atoms with van der Waals surface area (Å²) in [7, 11) is 1.74. The van der Waals surface area contributed by atoms with Crippen LogP contribution in [0.1, 0.15) is 62.9 Å². The highest BCUT2D eigenvalue weighted by Gasteiger charge is 2.53. The molecule has 2 atom stereocenters. The Balaban J connectivity index is 1.47. The third-order valence-electron chi connectivity index (χ3n) is 8.49. The number of hydrogen-bond acceptors (Lipinski definition) is 6. The number of ether oxygens (including phenoxy) is 1. The zero-order valence-electron chi connectivity index (χ0n) is 25.4. The van der Waals surface area contributed by atoms with Crippen molar-refractivity contribution in [1.29, 1.82) is 0 Å². The average Bonchev–Trinajstić information content (AvgIpc) is 3.23. The number of anilines is 1. The second-order valence-electron chi connectivity index (χ2n) is 11.6. The predicted molar refractivity (Wildman–Crippen MR) is 159 cm³/mol. The Kier molecular flexibility index (Phi) is 9.62. The van der Waals surface area contributed by atoms with Crippen molar-refractivity contribution in [3.8, 4) is 5.75 Å². The average molecular weight is 597 g/mol. The lowest BCUT2D eigenvalue weighted by Gasteiger charge is -2.44. The number of amides is 3. The molecule has 0 saturated carbocycles. The van der Waals surface area contributed by atoms with Gasteiger partial charge in [-0.25, -0.2) is 9.18 Å². The van der Waals surface area contributed by atoms with Crippen molar-refractivity contribution in [3.05, 3.63) is 59.4 Å². The quantitative estimate of drug-likeness (QED) is 0.430. The number of carboxylic acids is 1. The predicted octanol–water partition coefficient (Wildman–Crippen LogP) is 3.68. The van der Waals surface area contributed by atoms with E-state index in [1.165, 1.54) is 12.1 Å². The Morgan fingerprint density at radius 1 is 1.07 bits per heavy atom. The molecule has 4 rings (SSSR count). The Morgan fingerprint density at radius 3 is 2.28 bits per heavy atom. The molecule has 0 radical (unpaired) electrons. The van der Waals surface area contributed by atoms with Crippen molar-refractivity contribution >= 4 is 29.4 Å². The van der Waals surface area contributed by atoms with Crippen LogP contribution in [0.3, 0.4) is 0 Å². The fourth-order valence-electron chi connectivity index (χ4n) is 5.86. The number of aliphatic carboxylic acids is 1. The minimum atomic E-state index is -1.03. The van der Waals surface area contributed by atoms with Crippen LogP contribution in [0, 0.1) is 11.7 Å². The van der Waals surface area contributed by atoms with E-state index in [0.29, 0.717) is 51.2 Å². The molecule has 2 saturated heterocycles. The van der Waals surface area contributed by atoms with Crippen LogP contribution in [-0.2, 0) is 20.8 Å². The molecular weight excluding hydrogens is 555 g/mol. The monoisotopic (exact) mass is 596 g/mol. The van der Waals surface area contributed by atoms with Crippen molar-refractivity contribution in [2.24, 2.45) is 5.92 Å². The number of hydrogen-bond donors (Lipinski definition) is 2. The maximum atomic E-state index is 14.5. The van der Waals surface area contributed by atoms with Gasteiger partial charge in [-0.2, -0.15) is 0 Å². The van der Waals surface area contributed by atoms with Gasteiger partial charge in [0.2, 0.25) is 11.8 Å². The van der Waals surface area contributed by atoms with Gasteiger partial charge in [-0.15, -0.1) is 0 Å². The van der Waals surface area contributed by atoms with E-state index in [-0.39, 0.29) is 23.3 Å². The molecule has 232 valence electrons. The molecule has 2 aliphatic heterocycles. The number of carboxylic acid groups (broad SMARTS) is 1. The maximum Gasteiger partial charge on any atom is 0.344 e. The lowest BCUT2D eigenvalue weighted by atomic mass is 9.85. The minimum absolute atomic E-state index is 0.0307. The summed E-state index contributed by atoms with van der Waals surface area (Å²) >= 11 is 0. The molecule has 1 spiro atoms. The van der Waals surface area contributed by atoms with Crippen LogP contribution in [0.15, 0.2) is 42.5 Å². The number of carbonyl (C=O) groups is 4. The van der Waals surface area contributed by atoms with E-state index in [2.05, 4.69) is 5.32 Å². The molecule has 2 heterocycles. The van der Waals surface area contributed by atoms with Crippen LogP contribution in [0.2, 0.25) is 0 Å². The van der Waals surface area contributed by atoms with E-state index in [4.69, 9.17) is 4.74 Å². The fraction of sp³-hybridized carbons (Fsp3) is 0.500. The molecule has 3 amide bonds. The number of nitrogens with one attached hydrogen (secondary N) is 1. The lowest BCUT2D eigenvalue weighted by molar-refractivity contribution is -0.145. The molecular formula is C32H41FN4O6. The molecule has 0 bridgehead atoms. The van der Waals surface area contributed by atoms with Gasteiger partial charge in [0, 0.05) is 25.8 Å². The maximum absolute atomic E-state index is 14.5. The first-order chi connectivity index (χ1) is 20.4. The van der Waals surface area contributed by atoms with Crippen LogP contribution < -0.4 is 15.0 Å². The van der Waals surface area contributed by atoms with Crippen LogP contribution >= 0.6 is 0 Å². The van der Waals surface area contributed by atoms with Gasteiger partial charge in [0.25, 0.3) is 5.91 Å². The van der Waals surface area contributed by atoms with Crippen molar-refractivity contribution in [1.82, 2.24) is 15.1 Å². The molecule has 2 aliphatic rings. The molecule has 10 nitrogen and oxygen atoms in total.